The maximum Gasteiger partial charge on any atom is 0.0540 e. The highest BCUT2D eigenvalue weighted by Gasteiger charge is 2.56. The average Bonchev–Trinajstić information content (AvgIpc) is 2.96. The summed E-state index contributed by atoms with van der Waals surface area (Å²) in [6, 6.07) is 33.0. The molecule has 0 saturated carbocycles. The van der Waals surface area contributed by atoms with Gasteiger partial charge in [0.25, 0.3) is 0 Å². The molecule has 0 heterocycles. The maximum atomic E-state index is 3.60. The second kappa shape index (κ2) is 8.89. The van der Waals surface area contributed by atoms with Crippen LogP contribution < -0.4 is 4.90 Å². The highest BCUT2D eigenvalue weighted by molar-refractivity contribution is 9.10. The van der Waals surface area contributed by atoms with E-state index in [1.165, 1.54) is 22.3 Å². The van der Waals surface area contributed by atoms with Crippen LogP contribution in [0.5, 0.6) is 0 Å². The fraction of sp³-hybridized carbons (Fsp3) is 0.273. The molecule has 0 amide bonds. The van der Waals surface area contributed by atoms with Gasteiger partial charge in [0.1, 0.15) is 0 Å². The maximum absolute atomic E-state index is 3.60. The first-order valence-electron chi connectivity index (χ1n) is 12.5. The van der Waals surface area contributed by atoms with Crippen molar-refractivity contribution in [3.05, 3.63) is 111 Å². The Hall–Kier alpha value is -2.36. The molecule has 0 unspecified atom stereocenters. The minimum Gasteiger partial charge on any atom is -0.310 e. The molecule has 0 bridgehead atoms. The molecule has 184 valence electrons. The second-order valence-corrected chi connectivity index (χ2v) is 13.3. The van der Waals surface area contributed by atoms with Crippen LogP contribution in [0.15, 0.2) is 99.9 Å². The van der Waals surface area contributed by atoms with Gasteiger partial charge in [-0.2, -0.15) is 0 Å². The molecule has 0 aromatic heterocycles. The number of hydrogen-bond donors (Lipinski definition) is 0. The van der Waals surface area contributed by atoms with Crippen molar-refractivity contribution in [1.82, 2.24) is 0 Å². The minimum atomic E-state index is 0.0634. The number of para-hydroxylation sites is 1. The van der Waals surface area contributed by atoms with Crippen molar-refractivity contribution in [3.63, 3.8) is 0 Å². The summed E-state index contributed by atoms with van der Waals surface area (Å²) in [4.78, 5) is 2.35. The number of anilines is 3. The number of benzene rings is 4. The van der Waals surface area contributed by atoms with E-state index in [1.54, 1.807) is 0 Å². The zero-order valence-corrected chi connectivity index (χ0v) is 25.0. The molecular formula is C33H33Br2N. The molecule has 0 fully saturated rings. The van der Waals surface area contributed by atoms with E-state index in [2.05, 4.69) is 169 Å². The van der Waals surface area contributed by atoms with Gasteiger partial charge in [0.05, 0.1) is 5.69 Å². The van der Waals surface area contributed by atoms with Gasteiger partial charge in [0.2, 0.25) is 0 Å². The third-order valence-corrected chi connectivity index (χ3v) is 10.2. The standard InChI is InChI=1S/C33H33Br2N/c1-31(2)28-20-11-22(21-29(28)32(3,4)33(31,5)6)27-9-7-8-10-30(27)36(25-16-12-23(34)13-17-25)26-18-14-24(35)15-19-26/h7-21H,1-6H3. The van der Waals surface area contributed by atoms with Crippen LogP contribution in [0.25, 0.3) is 11.1 Å². The van der Waals surface area contributed by atoms with Gasteiger partial charge in [-0.15, -0.1) is 0 Å². The molecule has 1 aliphatic carbocycles. The van der Waals surface area contributed by atoms with E-state index in [1.807, 2.05) is 0 Å². The van der Waals surface area contributed by atoms with Crippen LogP contribution in [0.1, 0.15) is 52.7 Å². The number of hydrogen-bond acceptors (Lipinski definition) is 1. The molecule has 36 heavy (non-hydrogen) atoms. The Labute approximate surface area is 232 Å². The molecule has 0 spiro atoms. The van der Waals surface area contributed by atoms with Crippen LogP contribution in [0.2, 0.25) is 0 Å². The van der Waals surface area contributed by atoms with E-state index in [0.29, 0.717) is 0 Å². The molecule has 5 rings (SSSR count). The Bertz CT molecular complexity index is 1370. The lowest BCUT2D eigenvalue weighted by Gasteiger charge is -2.44. The molecule has 0 saturated heterocycles. The molecule has 4 aromatic carbocycles. The van der Waals surface area contributed by atoms with E-state index in [0.717, 1.165) is 26.0 Å². The van der Waals surface area contributed by atoms with Crippen molar-refractivity contribution in [3.8, 4) is 11.1 Å². The molecule has 0 N–H and O–H groups in total. The Morgan fingerprint density at radius 2 is 1.06 bits per heavy atom. The topological polar surface area (TPSA) is 3.24 Å². The van der Waals surface area contributed by atoms with E-state index in [4.69, 9.17) is 0 Å². The third kappa shape index (κ3) is 3.87. The molecule has 1 nitrogen and oxygen atoms in total. The number of rotatable bonds is 4. The Balaban J connectivity index is 1.71. The summed E-state index contributed by atoms with van der Waals surface area (Å²) in [6.45, 7) is 14.5. The van der Waals surface area contributed by atoms with Gasteiger partial charge in [0.15, 0.2) is 0 Å². The minimum absolute atomic E-state index is 0.0634. The monoisotopic (exact) mass is 601 g/mol. The van der Waals surface area contributed by atoms with Gasteiger partial charge in [0, 0.05) is 25.9 Å². The van der Waals surface area contributed by atoms with Crippen molar-refractivity contribution in [2.24, 2.45) is 5.41 Å². The van der Waals surface area contributed by atoms with Gasteiger partial charge < -0.3 is 4.90 Å². The molecule has 0 radical (unpaired) electrons. The third-order valence-electron chi connectivity index (χ3n) is 9.12. The zero-order valence-electron chi connectivity index (χ0n) is 21.9. The van der Waals surface area contributed by atoms with Crippen LogP contribution in [-0.2, 0) is 10.8 Å². The van der Waals surface area contributed by atoms with E-state index in [-0.39, 0.29) is 16.2 Å². The van der Waals surface area contributed by atoms with E-state index < -0.39 is 0 Å². The molecule has 1 aliphatic rings. The van der Waals surface area contributed by atoms with Gasteiger partial charge in [-0.1, -0.05) is 110 Å². The number of nitrogens with zero attached hydrogens (tertiary/aromatic N) is 1. The fourth-order valence-electron chi connectivity index (χ4n) is 5.75. The lowest BCUT2D eigenvalue weighted by atomic mass is 9.59. The lowest BCUT2D eigenvalue weighted by Crippen LogP contribution is -2.42. The molecule has 3 heteroatoms. The first kappa shape index (κ1) is 25.3. The van der Waals surface area contributed by atoms with Crippen LogP contribution >= 0.6 is 31.9 Å². The smallest absolute Gasteiger partial charge is 0.0540 e. The Morgan fingerprint density at radius 3 is 1.61 bits per heavy atom. The summed E-state index contributed by atoms with van der Waals surface area (Å²) < 4.78 is 2.14. The summed E-state index contributed by atoms with van der Waals surface area (Å²) in [5.74, 6) is 0. The van der Waals surface area contributed by atoms with E-state index in [9.17, 15) is 0 Å². The molecule has 4 aromatic rings. The molecular weight excluding hydrogens is 570 g/mol. The lowest BCUT2D eigenvalue weighted by molar-refractivity contribution is 0.125. The number of halogens is 2. The first-order valence-corrected chi connectivity index (χ1v) is 14.1. The Kier molecular flexibility index (Phi) is 6.24. The van der Waals surface area contributed by atoms with Crippen molar-refractivity contribution in [1.29, 1.82) is 0 Å². The van der Waals surface area contributed by atoms with Crippen LogP contribution in [0.4, 0.5) is 17.1 Å². The normalized spacial score (nSPS) is 17.0. The van der Waals surface area contributed by atoms with Gasteiger partial charge >= 0.3 is 0 Å². The SMILES string of the molecule is CC1(C)c2ccc(-c3ccccc3N(c3ccc(Br)cc3)c3ccc(Br)cc3)cc2C(C)(C)C1(C)C. The summed E-state index contributed by atoms with van der Waals surface area (Å²) >= 11 is 7.20. The van der Waals surface area contributed by atoms with Crippen LogP contribution in [-0.4, -0.2) is 0 Å². The summed E-state index contributed by atoms with van der Waals surface area (Å²) in [5, 5.41) is 0. The second-order valence-electron chi connectivity index (χ2n) is 11.4. The predicted molar refractivity (Wildman–Crippen MR) is 162 cm³/mol. The van der Waals surface area contributed by atoms with Crippen molar-refractivity contribution in [2.75, 3.05) is 4.90 Å². The van der Waals surface area contributed by atoms with Crippen molar-refractivity contribution < 1.29 is 0 Å². The summed E-state index contributed by atoms with van der Waals surface area (Å²) in [7, 11) is 0. The summed E-state index contributed by atoms with van der Waals surface area (Å²) in [6.07, 6.45) is 0. The molecule has 0 atom stereocenters. The number of fused-ring (bicyclic) bond motifs is 1. The van der Waals surface area contributed by atoms with E-state index >= 15 is 0 Å². The van der Waals surface area contributed by atoms with Crippen molar-refractivity contribution in [2.45, 2.75) is 52.4 Å². The van der Waals surface area contributed by atoms with Gasteiger partial charge in [-0.3, -0.25) is 0 Å². The highest BCUT2D eigenvalue weighted by atomic mass is 79.9. The van der Waals surface area contributed by atoms with Crippen LogP contribution in [0.3, 0.4) is 0 Å². The van der Waals surface area contributed by atoms with Gasteiger partial charge in [-0.25, -0.2) is 0 Å². The average molecular weight is 603 g/mol. The van der Waals surface area contributed by atoms with Crippen molar-refractivity contribution >= 4 is 48.9 Å². The largest absolute Gasteiger partial charge is 0.310 e. The highest BCUT2D eigenvalue weighted by Crippen LogP contribution is 2.62. The fourth-order valence-corrected chi connectivity index (χ4v) is 6.28. The Morgan fingerprint density at radius 1 is 0.556 bits per heavy atom. The molecule has 0 aliphatic heterocycles. The zero-order chi connectivity index (χ0) is 25.9. The van der Waals surface area contributed by atoms with Crippen LogP contribution in [0, 0.1) is 5.41 Å². The summed E-state index contributed by atoms with van der Waals surface area (Å²) in [5.41, 5.74) is 9.12. The van der Waals surface area contributed by atoms with Gasteiger partial charge in [-0.05, 0) is 87.5 Å². The quantitative estimate of drug-likeness (QED) is 0.224. The first-order chi connectivity index (χ1) is 16.9. The predicted octanol–water partition coefficient (Wildman–Crippen LogP) is 10.9.